The van der Waals surface area contributed by atoms with Gasteiger partial charge in [0.25, 0.3) is 0 Å². The number of anilines is 1. The van der Waals surface area contributed by atoms with E-state index in [2.05, 4.69) is 52.1 Å². The van der Waals surface area contributed by atoms with E-state index in [0.717, 1.165) is 69.9 Å². The summed E-state index contributed by atoms with van der Waals surface area (Å²) in [6.45, 7) is 6.17. The number of aromatic nitrogens is 2. The summed E-state index contributed by atoms with van der Waals surface area (Å²) in [6, 6.07) is 8.44. The molecule has 3 aliphatic rings. The molecule has 2 aromatic rings. The number of allylic oxidation sites excluding steroid dienone is 2. The van der Waals surface area contributed by atoms with Crippen molar-refractivity contribution in [3.05, 3.63) is 53.9 Å². The van der Waals surface area contributed by atoms with Crippen LogP contribution in [-0.4, -0.2) is 64.8 Å². The molecule has 37 heavy (non-hydrogen) atoms. The molecule has 0 spiro atoms. The van der Waals surface area contributed by atoms with Crippen LogP contribution in [0.25, 0.3) is 5.57 Å². The van der Waals surface area contributed by atoms with Gasteiger partial charge in [0.05, 0.1) is 12.7 Å². The molecule has 0 bridgehead atoms. The smallest absolute Gasteiger partial charge is 0.226 e. The van der Waals surface area contributed by atoms with Gasteiger partial charge in [0.15, 0.2) is 0 Å². The van der Waals surface area contributed by atoms with E-state index in [1.165, 1.54) is 16.7 Å². The lowest BCUT2D eigenvalue weighted by Gasteiger charge is -2.33. The van der Waals surface area contributed by atoms with Gasteiger partial charge in [-0.05, 0) is 86.1 Å². The molecule has 0 radical (unpaired) electrons. The van der Waals surface area contributed by atoms with Crippen molar-refractivity contribution in [3.8, 4) is 5.75 Å². The molecule has 1 aromatic heterocycles. The normalized spacial score (nSPS) is 21.6. The van der Waals surface area contributed by atoms with Gasteiger partial charge in [-0.2, -0.15) is 0 Å². The number of likely N-dealkylation sites (tertiary alicyclic amines) is 1. The Labute approximate surface area is 220 Å². The zero-order valence-electron chi connectivity index (χ0n) is 22.0. The van der Waals surface area contributed by atoms with E-state index in [4.69, 9.17) is 4.74 Å². The SMILES string of the molecule is CCc1cnc(N2CCC(COc3ccc(C4=CCC(C(=O)N5CCC(O)CC5)CC4)cc3)CC2)nc1. The Morgan fingerprint density at radius 3 is 2.32 bits per heavy atom. The molecule has 1 N–H and O–H groups in total. The second kappa shape index (κ2) is 12.1. The van der Waals surface area contributed by atoms with Gasteiger partial charge in [0.2, 0.25) is 11.9 Å². The molecule has 7 nitrogen and oxygen atoms in total. The molecule has 5 rings (SSSR count). The molecule has 1 amide bonds. The van der Waals surface area contributed by atoms with E-state index in [-0.39, 0.29) is 17.9 Å². The average molecular weight is 505 g/mol. The van der Waals surface area contributed by atoms with Gasteiger partial charge in [0, 0.05) is 44.5 Å². The minimum Gasteiger partial charge on any atom is -0.493 e. The van der Waals surface area contributed by atoms with Crippen LogP contribution in [0.4, 0.5) is 5.95 Å². The third-order valence-electron chi connectivity index (χ3n) is 8.24. The molecule has 2 saturated heterocycles. The van der Waals surface area contributed by atoms with Gasteiger partial charge < -0.3 is 19.6 Å². The Bertz CT molecular complexity index is 1050. The molecule has 1 aromatic carbocycles. The van der Waals surface area contributed by atoms with Gasteiger partial charge in [-0.3, -0.25) is 4.79 Å². The quantitative estimate of drug-likeness (QED) is 0.598. The number of carbonyl (C=O) groups is 1. The zero-order chi connectivity index (χ0) is 25.6. The van der Waals surface area contributed by atoms with Crippen LogP contribution in [0.2, 0.25) is 0 Å². The van der Waals surface area contributed by atoms with Crippen molar-refractivity contribution in [1.82, 2.24) is 14.9 Å². The van der Waals surface area contributed by atoms with Crippen LogP contribution in [0.15, 0.2) is 42.7 Å². The average Bonchev–Trinajstić information content (AvgIpc) is 2.97. The van der Waals surface area contributed by atoms with Gasteiger partial charge in [0.1, 0.15) is 5.75 Å². The maximum atomic E-state index is 12.9. The van der Waals surface area contributed by atoms with Crippen LogP contribution in [0.5, 0.6) is 5.75 Å². The number of ether oxygens (including phenoxy) is 1. The first-order chi connectivity index (χ1) is 18.1. The fourth-order valence-electron chi connectivity index (χ4n) is 5.64. The van der Waals surface area contributed by atoms with Crippen molar-refractivity contribution in [2.24, 2.45) is 11.8 Å². The van der Waals surface area contributed by atoms with Gasteiger partial charge in [-0.25, -0.2) is 9.97 Å². The standard InChI is InChI=1S/C30H40N4O3/c1-2-22-19-31-30(32-20-22)34-15-11-23(12-16-34)21-37-28-9-7-25(8-10-28)24-3-5-26(6-4-24)29(36)33-17-13-27(35)14-18-33/h3,7-10,19-20,23,26-27,35H,2,4-6,11-18,21H2,1H3. The molecule has 2 aliphatic heterocycles. The molecule has 1 aliphatic carbocycles. The largest absolute Gasteiger partial charge is 0.493 e. The number of aliphatic hydroxyl groups excluding tert-OH is 1. The van der Waals surface area contributed by atoms with E-state index >= 15 is 0 Å². The van der Waals surface area contributed by atoms with E-state index in [0.29, 0.717) is 31.8 Å². The van der Waals surface area contributed by atoms with E-state index < -0.39 is 0 Å². The predicted octanol–water partition coefficient (Wildman–Crippen LogP) is 4.50. The zero-order valence-corrected chi connectivity index (χ0v) is 22.0. The van der Waals surface area contributed by atoms with Crippen molar-refractivity contribution in [2.45, 2.75) is 64.4 Å². The summed E-state index contributed by atoms with van der Waals surface area (Å²) in [5.74, 6) is 2.64. The molecule has 0 saturated carbocycles. The van der Waals surface area contributed by atoms with E-state index in [1.807, 2.05) is 17.3 Å². The fraction of sp³-hybridized carbons (Fsp3) is 0.567. The van der Waals surface area contributed by atoms with Gasteiger partial charge in [-0.15, -0.1) is 0 Å². The number of aliphatic hydroxyl groups is 1. The Morgan fingerprint density at radius 1 is 1.00 bits per heavy atom. The Morgan fingerprint density at radius 2 is 1.70 bits per heavy atom. The number of aryl methyl sites for hydroxylation is 1. The summed E-state index contributed by atoms with van der Waals surface area (Å²) in [4.78, 5) is 26.1. The molecule has 1 unspecified atom stereocenters. The van der Waals surface area contributed by atoms with Crippen LogP contribution in [0.1, 0.15) is 63.0 Å². The second-order valence-electron chi connectivity index (χ2n) is 10.8. The number of hydrogen-bond acceptors (Lipinski definition) is 6. The van der Waals surface area contributed by atoms with Crippen LogP contribution in [-0.2, 0) is 11.2 Å². The van der Waals surface area contributed by atoms with Gasteiger partial charge in [-0.1, -0.05) is 25.1 Å². The Balaban J connectivity index is 1.06. The summed E-state index contributed by atoms with van der Waals surface area (Å²) in [6.07, 6.45) is 13.0. The highest BCUT2D eigenvalue weighted by Gasteiger charge is 2.29. The van der Waals surface area contributed by atoms with Crippen LogP contribution >= 0.6 is 0 Å². The number of carbonyl (C=O) groups excluding carboxylic acids is 1. The lowest BCUT2D eigenvalue weighted by molar-refractivity contribution is -0.137. The summed E-state index contributed by atoms with van der Waals surface area (Å²) < 4.78 is 6.15. The third kappa shape index (κ3) is 6.50. The van der Waals surface area contributed by atoms with Crippen molar-refractivity contribution < 1.29 is 14.6 Å². The monoisotopic (exact) mass is 504 g/mol. The maximum absolute atomic E-state index is 12.9. The minimum atomic E-state index is -0.245. The van der Waals surface area contributed by atoms with Crippen molar-refractivity contribution in [2.75, 3.05) is 37.7 Å². The van der Waals surface area contributed by atoms with E-state index in [9.17, 15) is 9.90 Å². The fourth-order valence-corrected chi connectivity index (χ4v) is 5.64. The van der Waals surface area contributed by atoms with Crippen LogP contribution < -0.4 is 9.64 Å². The number of benzene rings is 1. The highest BCUT2D eigenvalue weighted by molar-refractivity contribution is 5.81. The summed E-state index contributed by atoms with van der Waals surface area (Å²) in [5.41, 5.74) is 3.72. The van der Waals surface area contributed by atoms with Crippen molar-refractivity contribution in [1.29, 1.82) is 0 Å². The Hall–Kier alpha value is -2.93. The first-order valence-corrected chi connectivity index (χ1v) is 14.0. The van der Waals surface area contributed by atoms with Crippen molar-refractivity contribution >= 4 is 17.4 Å². The van der Waals surface area contributed by atoms with Crippen LogP contribution in [0, 0.1) is 11.8 Å². The number of rotatable bonds is 7. The summed E-state index contributed by atoms with van der Waals surface area (Å²) >= 11 is 0. The molecular weight excluding hydrogens is 464 g/mol. The maximum Gasteiger partial charge on any atom is 0.226 e. The number of hydrogen-bond donors (Lipinski definition) is 1. The topological polar surface area (TPSA) is 78.8 Å². The number of amides is 1. The summed E-state index contributed by atoms with van der Waals surface area (Å²) in [7, 11) is 0. The first-order valence-electron chi connectivity index (χ1n) is 14.0. The van der Waals surface area contributed by atoms with E-state index in [1.54, 1.807) is 0 Å². The highest BCUT2D eigenvalue weighted by Crippen LogP contribution is 2.33. The first kappa shape index (κ1) is 25.7. The lowest BCUT2D eigenvalue weighted by Crippen LogP contribution is -2.43. The molecule has 2 fully saturated rings. The summed E-state index contributed by atoms with van der Waals surface area (Å²) in [5, 5.41) is 9.70. The highest BCUT2D eigenvalue weighted by atomic mass is 16.5. The van der Waals surface area contributed by atoms with Crippen molar-refractivity contribution in [3.63, 3.8) is 0 Å². The third-order valence-corrected chi connectivity index (χ3v) is 8.24. The lowest BCUT2D eigenvalue weighted by atomic mass is 9.85. The minimum absolute atomic E-state index is 0.0790. The molecule has 1 atom stereocenters. The molecule has 3 heterocycles. The second-order valence-corrected chi connectivity index (χ2v) is 10.8. The predicted molar refractivity (Wildman–Crippen MR) is 145 cm³/mol. The number of nitrogens with zero attached hydrogens (tertiary/aromatic N) is 4. The van der Waals surface area contributed by atoms with Crippen LogP contribution in [0.3, 0.4) is 0 Å². The van der Waals surface area contributed by atoms with Gasteiger partial charge >= 0.3 is 0 Å². The Kier molecular flexibility index (Phi) is 8.39. The number of piperidine rings is 2. The molecular formula is C30H40N4O3. The molecule has 198 valence electrons. The molecule has 7 heteroatoms.